The van der Waals surface area contributed by atoms with Crippen molar-refractivity contribution in [1.29, 1.82) is 0 Å². The standard InChI is InChI=1S/C11H19BrF3NO3S/c1-10(2)8-16(7-9(6-12)19-10)20(17,18)5-3-4-11(13,14)15/h9H,3-8H2,1-2H3. The normalized spacial score (nSPS) is 24.8. The van der Waals surface area contributed by atoms with Crippen molar-refractivity contribution < 1.29 is 26.3 Å². The van der Waals surface area contributed by atoms with Gasteiger partial charge in [-0.05, 0) is 20.3 Å². The molecule has 0 N–H and O–H groups in total. The van der Waals surface area contributed by atoms with Crippen LogP contribution in [0.1, 0.15) is 26.7 Å². The quantitative estimate of drug-likeness (QED) is 0.687. The van der Waals surface area contributed by atoms with Crippen LogP contribution in [0.15, 0.2) is 0 Å². The van der Waals surface area contributed by atoms with Gasteiger partial charge in [-0.1, -0.05) is 15.9 Å². The Balaban J connectivity index is 2.66. The van der Waals surface area contributed by atoms with Crippen LogP contribution >= 0.6 is 15.9 Å². The lowest BCUT2D eigenvalue weighted by atomic mass is 10.1. The molecule has 0 bridgehead atoms. The van der Waals surface area contributed by atoms with Crippen LogP contribution < -0.4 is 0 Å². The van der Waals surface area contributed by atoms with Crippen LogP contribution in [-0.2, 0) is 14.8 Å². The summed E-state index contributed by atoms with van der Waals surface area (Å²) >= 11 is 3.24. The molecule has 1 aliphatic heterocycles. The van der Waals surface area contributed by atoms with Gasteiger partial charge in [0.2, 0.25) is 10.0 Å². The first kappa shape index (κ1) is 18.2. The molecule has 9 heteroatoms. The third kappa shape index (κ3) is 5.87. The van der Waals surface area contributed by atoms with Crippen molar-refractivity contribution in [3.8, 4) is 0 Å². The third-order valence-electron chi connectivity index (χ3n) is 2.88. The number of nitrogens with zero attached hydrogens (tertiary/aromatic N) is 1. The summed E-state index contributed by atoms with van der Waals surface area (Å²) in [6, 6.07) is 0. The molecule has 0 saturated carbocycles. The Labute approximate surface area is 125 Å². The largest absolute Gasteiger partial charge is 0.389 e. The summed E-state index contributed by atoms with van der Waals surface area (Å²) in [5.74, 6) is -0.488. The van der Waals surface area contributed by atoms with E-state index in [0.29, 0.717) is 5.33 Å². The summed E-state index contributed by atoms with van der Waals surface area (Å²) in [7, 11) is -3.69. The van der Waals surface area contributed by atoms with Gasteiger partial charge in [-0.2, -0.15) is 17.5 Å². The minimum Gasteiger partial charge on any atom is -0.369 e. The minimum absolute atomic E-state index is 0.158. The molecular formula is C11H19BrF3NO3S. The van der Waals surface area contributed by atoms with Crippen molar-refractivity contribution in [3.63, 3.8) is 0 Å². The molecular weight excluding hydrogens is 363 g/mol. The van der Waals surface area contributed by atoms with E-state index in [0.717, 1.165) is 0 Å². The van der Waals surface area contributed by atoms with Crippen LogP contribution in [0.5, 0.6) is 0 Å². The van der Waals surface area contributed by atoms with Gasteiger partial charge < -0.3 is 4.74 Å². The Morgan fingerprint density at radius 3 is 2.50 bits per heavy atom. The second-order valence-corrected chi connectivity index (χ2v) is 8.22. The maximum Gasteiger partial charge on any atom is 0.389 e. The smallest absolute Gasteiger partial charge is 0.369 e. The van der Waals surface area contributed by atoms with Gasteiger partial charge in [0.25, 0.3) is 0 Å². The maximum absolute atomic E-state index is 12.1. The zero-order valence-electron chi connectivity index (χ0n) is 11.4. The van der Waals surface area contributed by atoms with E-state index >= 15 is 0 Å². The molecule has 1 saturated heterocycles. The molecule has 1 unspecified atom stereocenters. The molecule has 0 amide bonds. The van der Waals surface area contributed by atoms with E-state index in [4.69, 9.17) is 4.74 Å². The van der Waals surface area contributed by atoms with Crippen molar-refractivity contribution >= 4 is 26.0 Å². The highest BCUT2D eigenvalue weighted by Gasteiger charge is 2.38. The number of alkyl halides is 4. The molecule has 0 radical (unpaired) electrons. The highest BCUT2D eigenvalue weighted by Crippen LogP contribution is 2.26. The van der Waals surface area contributed by atoms with Crippen LogP contribution in [0.4, 0.5) is 13.2 Å². The van der Waals surface area contributed by atoms with Crippen molar-refractivity contribution in [1.82, 2.24) is 4.31 Å². The van der Waals surface area contributed by atoms with E-state index in [1.54, 1.807) is 13.8 Å². The van der Waals surface area contributed by atoms with Crippen LogP contribution in [-0.4, -0.2) is 54.8 Å². The summed E-state index contributed by atoms with van der Waals surface area (Å²) in [5, 5.41) is 0.477. The number of halogens is 4. The first-order chi connectivity index (χ1) is 8.95. The highest BCUT2D eigenvalue weighted by molar-refractivity contribution is 9.09. The predicted octanol–water partition coefficient (Wildman–Crippen LogP) is 2.53. The molecule has 0 aromatic rings. The van der Waals surface area contributed by atoms with Gasteiger partial charge in [-0.15, -0.1) is 0 Å². The first-order valence-electron chi connectivity index (χ1n) is 6.23. The fourth-order valence-corrected chi connectivity index (χ4v) is 4.12. The summed E-state index contributed by atoms with van der Waals surface area (Å²) in [4.78, 5) is 0. The molecule has 1 fully saturated rings. The Bertz CT molecular complexity index is 425. The van der Waals surface area contributed by atoms with E-state index < -0.39 is 40.4 Å². The molecule has 4 nitrogen and oxygen atoms in total. The Hall–Kier alpha value is 0.140. The van der Waals surface area contributed by atoms with Crippen LogP contribution in [0, 0.1) is 0 Å². The molecule has 1 atom stereocenters. The zero-order valence-corrected chi connectivity index (χ0v) is 13.8. The maximum atomic E-state index is 12.1. The molecule has 120 valence electrons. The van der Waals surface area contributed by atoms with E-state index in [1.165, 1.54) is 4.31 Å². The average molecular weight is 382 g/mol. The van der Waals surface area contributed by atoms with Crippen LogP contribution in [0.25, 0.3) is 0 Å². The van der Waals surface area contributed by atoms with Gasteiger partial charge in [0.05, 0.1) is 17.5 Å². The van der Waals surface area contributed by atoms with Crippen molar-refractivity contribution in [2.75, 3.05) is 24.2 Å². The lowest BCUT2D eigenvalue weighted by molar-refractivity contribution is -0.134. The van der Waals surface area contributed by atoms with Gasteiger partial charge in [0, 0.05) is 24.8 Å². The molecule has 0 aromatic heterocycles. The van der Waals surface area contributed by atoms with Crippen molar-refractivity contribution in [3.05, 3.63) is 0 Å². The highest BCUT2D eigenvalue weighted by atomic mass is 79.9. The summed E-state index contributed by atoms with van der Waals surface area (Å²) in [6.07, 6.45) is -6.11. The SMILES string of the molecule is CC1(C)CN(S(=O)(=O)CCCC(F)(F)F)CC(CBr)O1. The third-order valence-corrected chi connectivity index (χ3v) is 5.47. The minimum atomic E-state index is -4.32. The Morgan fingerprint density at radius 2 is 2.00 bits per heavy atom. The number of sulfonamides is 1. The second kappa shape index (κ2) is 6.50. The summed E-state index contributed by atoms with van der Waals surface area (Å²) < 4.78 is 67.4. The van der Waals surface area contributed by atoms with Crippen molar-refractivity contribution in [2.24, 2.45) is 0 Å². The zero-order chi connectivity index (χ0) is 15.6. The monoisotopic (exact) mass is 381 g/mol. The average Bonchev–Trinajstić information content (AvgIpc) is 2.24. The number of hydrogen-bond donors (Lipinski definition) is 0. The molecule has 0 aliphatic carbocycles. The summed E-state index contributed by atoms with van der Waals surface area (Å²) in [5.41, 5.74) is -0.645. The van der Waals surface area contributed by atoms with E-state index in [1.807, 2.05) is 0 Å². The van der Waals surface area contributed by atoms with Gasteiger partial charge in [0.1, 0.15) is 0 Å². The van der Waals surface area contributed by atoms with Gasteiger partial charge in [0.15, 0.2) is 0 Å². The van der Waals surface area contributed by atoms with Crippen LogP contribution in [0.3, 0.4) is 0 Å². The van der Waals surface area contributed by atoms with Gasteiger partial charge >= 0.3 is 6.18 Å². The second-order valence-electron chi connectivity index (χ2n) is 5.48. The first-order valence-corrected chi connectivity index (χ1v) is 8.97. The lowest BCUT2D eigenvalue weighted by Gasteiger charge is -2.41. The van der Waals surface area contributed by atoms with E-state index in [9.17, 15) is 21.6 Å². The number of hydrogen-bond acceptors (Lipinski definition) is 3. The summed E-state index contributed by atoms with van der Waals surface area (Å²) in [6.45, 7) is 3.86. The van der Waals surface area contributed by atoms with E-state index in [-0.39, 0.29) is 19.2 Å². The van der Waals surface area contributed by atoms with E-state index in [2.05, 4.69) is 15.9 Å². The molecule has 20 heavy (non-hydrogen) atoms. The number of morpholine rings is 1. The molecule has 1 rings (SSSR count). The lowest BCUT2D eigenvalue weighted by Crippen LogP contribution is -2.55. The molecule has 0 spiro atoms. The fraction of sp³-hybridized carbons (Fsp3) is 1.00. The van der Waals surface area contributed by atoms with Crippen LogP contribution in [0.2, 0.25) is 0 Å². The van der Waals surface area contributed by atoms with Crippen molar-refractivity contribution in [2.45, 2.75) is 44.6 Å². The molecule has 1 heterocycles. The number of rotatable bonds is 5. The van der Waals surface area contributed by atoms with Gasteiger partial charge in [-0.3, -0.25) is 0 Å². The van der Waals surface area contributed by atoms with Gasteiger partial charge in [-0.25, -0.2) is 8.42 Å². The predicted molar refractivity (Wildman–Crippen MR) is 73.4 cm³/mol. The topological polar surface area (TPSA) is 46.6 Å². The number of ether oxygens (including phenoxy) is 1. The Kier molecular flexibility index (Phi) is 5.91. The molecule has 0 aromatic carbocycles. The fourth-order valence-electron chi connectivity index (χ4n) is 2.12. The Morgan fingerprint density at radius 1 is 1.40 bits per heavy atom. The molecule has 1 aliphatic rings.